The van der Waals surface area contributed by atoms with E-state index in [0.717, 1.165) is 59.3 Å². The number of amides is 6. The Balaban J connectivity index is 0.000000202. The van der Waals surface area contributed by atoms with E-state index in [9.17, 15) is 37.5 Å². The van der Waals surface area contributed by atoms with Crippen molar-refractivity contribution in [1.82, 2.24) is 14.7 Å². The van der Waals surface area contributed by atoms with Crippen molar-refractivity contribution in [2.45, 2.75) is 272 Å². The standard InChI is InChI=1S/C29H42BFN2O6S.C23H30FN5O4S.C23H32FN3O4S/c1-25(2,3)36-23(34)33(24(35)37-26(4,5)6)22-32-29(13-11-12-18(29)17-40-22)19-14-20(16-21(31)15-19)30-38-27(7,8)28(9,10)39-30;1-21(2,3)32-19(30)29(20(31)33-22(4,5)6)18-26-23(9-7-8-14(23)13-34-18)15-10-16(24)12-17(11-15)27-28-25;1-21(2,3)30-19(28)27(20(29)31-22(4,5)6)18-26-23(9-7-8-14(23)13-32-18)15-10-16(24)12-17(25)11-15/h14-16,18H,11-13,17H2,1-10H3;10-12,14H,7-9,13H2,1-6H3;10-12,14H,7-9,13,25H2,1-6H3/t18-,29-;2*14-,23-/m000/s1. The van der Waals surface area contributed by atoms with Crippen molar-refractivity contribution in [3.8, 4) is 0 Å². The summed E-state index contributed by atoms with van der Waals surface area (Å²) in [5, 5.41) is 4.06. The fraction of sp³-hybridized carbons (Fsp3) is 0.640. The van der Waals surface area contributed by atoms with Crippen molar-refractivity contribution in [3.63, 3.8) is 0 Å². The van der Waals surface area contributed by atoms with Crippen molar-refractivity contribution in [1.29, 1.82) is 0 Å². The molecule has 580 valence electrons. The highest BCUT2D eigenvalue weighted by molar-refractivity contribution is 8.14. The number of fused-ring (bicyclic) bond motifs is 3. The van der Waals surface area contributed by atoms with Crippen LogP contribution in [0.1, 0.15) is 227 Å². The zero-order valence-corrected chi connectivity index (χ0v) is 67.6. The first-order valence-corrected chi connectivity index (χ1v) is 38.7. The number of azide groups is 1. The molecule has 31 heteroatoms. The Morgan fingerprint density at radius 1 is 0.472 bits per heavy atom. The molecule has 3 aliphatic carbocycles. The van der Waals surface area contributed by atoms with Gasteiger partial charge in [-0.05, 0) is 285 Å². The number of anilines is 1. The number of hydrogen-bond acceptors (Lipinski definition) is 22. The van der Waals surface area contributed by atoms with Crippen LogP contribution in [0.3, 0.4) is 0 Å². The van der Waals surface area contributed by atoms with E-state index in [1.165, 1.54) is 65.6 Å². The number of rotatable bonds is 5. The molecule has 7 aliphatic rings. The lowest BCUT2D eigenvalue weighted by Crippen LogP contribution is -2.49. The molecule has 3 saturated carbocycles. The van der Waals surface area contributed by atoms with Gasteiger partial charge >= 0.3 is 43.7 Å². The lowest BCUT2D eigenvalue weighted by Gasteiger charge is -2.39. The predicted octanol–water partition coefficient (Wildman–Crippen LogP) is 19.1. The second kappa shape index (κ2) is 31.4. The highest BCUT2D eigenvalue weighted by Gasteiger charge is 2.56. The molecule has 3 aromatic rings. The number of halogens is 3. The van der Waals surface area contributed by atoms with E-state index in [1.54, 1.807) is 137 Å². The molecular weight excluding hydrogens is 1430 g/mol. The average molecular weight is 1530 g/mol. The largest absolute Gasteiger partial charge is 0.494 e. The molecule has 3 aromatic carbocycles. The topological polar surface area (TPSA) is 298 Å². The summed E-state index contributed by atoms with van der Waals surface area (Å²) in [5.41, 5.74) is 9.00. The van der Waals surface area contributed by atoms with Crippen LogP contribution in [0.4, 0.5) is 53.3 Å². The zero-order valence-electron chi connectivity index (χ0n) is 65.2. The number of carbonyl (C=O) groups excluding carboxylic acids is 6. The fourth-order valence-electron chi connectivity index (χ4n) is 13.4. The predicted molar refractivity (Wildman–Crippen MR) is 408 cm³/mol. The van der Waals surface area contributed by atoms with Gasteiger partial charge in [-0.3, -0.25) is 0 Å². The van der Waals surface area contributed by atoms with Crippen LogP contribution in [-0.2, 0) is 54.3 Å². The Hall–Kier alpha value is -7.18. The monoisotopic (exact) mass is 1530 g/mol. The van der Waals surface area contributed by atoms with Crippen LogP contribution in [0.25, 0.3) is 10.4 Å². The van der Waals surface area contributed by atoms with Gasteiger partial charge in [-0.2, -0.15) is 14.7 Å². The van der Waals surface area contributed by atoms with Gasteiger partial charge in [0.2, 0.25) is 0 Å². The van der Waals surface area contributed by atoms with Crippen LogP contribution in [0, 0.1) is 35.2 Å². The number of nitrogens with two attached hydrogens (primary N) is 1. The number of aliphatic imine (C=N–C) groups is 3. The second-order valence-electron chi connectivity index (χ2n) is 34.6. The number of nitrogens with zero attached hydrogens (tertiary/aromatic N) is 9. The van der Waals surface area contributed by atoms with Gasteiger partial charge in [0.15, 0.2) is 15.5 Å². The minimum absolute atomic E-state index is 0.0566. The third-order valence-corrected chi connectivity index (χ3v) is 21.7. The van der Waals surface area contributed by atoms with E-state index >= 15 is 4.39 Å². The molecule has 106 heavy (non-hydrogen) atoms. The van der Waals surface area contributed by atoms with Gasteiger partial charge in [0.05, 0.1) is 27.8 Å². The molecule has 4 fully saturated rings. The molecule has 1 saturated heterocycles. The molecule has 4 heterocycles. The maximum absolute atomic E-state index is 15.2. The molecule has 0 aromatic heterocycles. The van der Waals surface area contributed by atoms with E-state index < -0.39 is 123 Å². The lowest BCUT2D eigenvalue weighted by atomic mass is 9.74. The fourth-order valence-corrected chi connectivity index (χ4v) is 17.3. The minimum atomic E-state index is -0.895. The number of carbonyl (C=O) groups is 6. The Bertz CT molecular complexity index is 3880. The summed E-state index contributed by atoms with van der Waals surface area (Å²) in [5.74, 6) is 0.658. The van der Waals surface area contributed by atoms with Crippen molar-refractivity contribution < 1.29 is 79.7 Å². The smallest absolute Gasteiger partial charge is 0.443 e. The molecule has 0 unspecified atom stereocenters. The summed E-state index contributed by atoms with van der Waals surface area (Å²) in [6, 6.07) is 13.4. The lowest BCUT2D eigenvalue weighted by molar-refractivity contribution is 0.00578. The maximum Gasteiger partial charge on any atom is 0.494 e. The molecule has 0 bridgehead atoms. The third-order valence-electron chi connectivity index (χ3n) is 18.4. The molecule has 6 amide bonds. The minimum Gasteiger partial charge on any atom is -0.443 e. The first-order chi connectivity index (χ1) is 48.7. The normalized spacial score (nSPS) is 23.8. The van der Waals surface area contributed by atoms with E-state index in [2.05, 4.69) is 10.0 Å². The van der Waals surface area contributed by atoms with E-state index in [-0.39, 0.29) is 38.9 Å². The van der Waals surface area contributed by atoms with Crippen molar-refractivity contribution in [2.75, 3.05) is 23.0 Å². The summed E-state index contributed by atoms with van der Waals surface area (Å²) in [7, 11) is -0.739. The van der Waals surface area contributed by atoms with Crippen LogP contribution in [0.5, 0.6) is 0 Å². The molecule has 6 atom stereocenters. The Kier molecular flexibility index (Phi) is 25.0. The van der Waals surface area contributed by atoms with Crippen molar-refractivity contribution in [2.24, 2.45) is 37.8 Å². The number of hydrogen-bond donors (Lipinski definition) is 1. The summed E-state index contributed by atoms with van der Waals surface area (Å²) < 4.78 is 89.4. The molecule has 24 nitrogen and oxygen atoms in total. The molecule has 4 aliphatic heterocycles. The van der Waals surface area contributed by atoms with Gasteiger partial charge in [-0.15, -0.1) is 0 Å². The number of nitrogen functional groups attached to an aromatic ring is 1. The quantitative estimate of drug-likeness (QED) is 0.0620. The van der Waals surface area contributed by atoms with Gasteiger partial charge < -0.3 is 43.5 Å². The van der Waals surface area contributed by atoms with Crippen LogP contribution in [0.2, 0.25) is 0 Å². The van der Waals surface area contributed by atoms with Crippen molar-refractivity contribution in [3.05, 3.63) is 99.2 Å². The van der Waals surface area contributed by atoms with Gasteiger partial charge in [0.1, 0.15) is 51.1 Å². The van der Waals surface area contributed by atoms with Crippen molar-refractivity contribution >= 4 is 111 Å². The Labute approximate surface area is 633 Å². The first kappa shape index (κ1) is 84.4. The average Bonchev–Trinajstić information content (AvgIpc) is 1.51. The van der Waals surface area contributed by atoms with Crippen LogP contribution >= 0.6 is 35.3 Å². The van der Waals surface area contributed by atoms with Gasteiger partial charge in [0.25, 0.3) is 0 Å². The van der Waals surface area contributed by atoms with E-state index in [4.69, 9.17) is 64.0 Å². The number of ether oxygens (including phenoxy) is 6. The number of benzene rings is 3. The molecule has 0 spiro atoms. The Morgan fingerprint density at radius 2 is 0.755 bits per heavy atom. The number of amidine groups is 3. The summed E-state index contributed by atoms with van der Waals surface area (Å²) in [4.78, 5) is 99.2. The molecule has 2 N–H and O–H groups in total. The first-order valence-electron chi connectivity index (χ1n) is 35.7. The summed E-state index contributed by atoms with van der Waals surface area (Å²) in [6.07, 6.45) is 1.96. The zero-order chi connectivity index (χ0) is 79.1. The molecular formula is C75H104BF3N10O14S3. The van der Waals surface area contributed by atoms with Crippen LogP contribution in [-0.4, -0.2) is 136 Å². The van der Waals surface area contributed by atoms with E-state index in [0.29, 0.717) is 64.4 Å². The summed E-state index contributed by atoms with van der Waals surface area (Å²) in [6.45, 7) is 38.7. The van der Waals surface area contributed by atoms with Crippen LogP contribution < -0.4 is 11.2 Å². The SMILES string of the molecule is CC(C)(C)OC(=O)N(C(=O)OC(C)(C)C)C1=N[C@@]2(c3cc(F)cc(B4OC(C)(C)C(C)(C)O4)c3)CCC[C@H]2CS1.CC(C)(C)OC(=O)N(C(=O)OC(C)(C)C)C1=N[C@@]2(c3cc(F)cc(N=[N+]=[N-])c3)CCC[C@H]2CS1.CC(C)(C)OC(=O)N(C(=O)OC(C)(C)C)C1=N[C@@]2(c3cc(N)cc(F)c3)CCC[C@H]2CS1. The van der Waals surface area contributed by atoms with Gasteiger partial charge in [-0.25, -0.2) is 56.9 Å². The number of imide groups is 3. The third kappa shape index (κ3) is 20.6. The molecule has 10 rings (SSSR count). The maximum atomic E-state index is 15.2. The molecule has 0 radical (unpaired) electrons. The summed E-state index contributed by atoms with van der Waals surface area (Å²) >= 11 is 3.89. The second-order valence-corrected chi connectivity index (χ2v) is 37.5. The highest BCUT2D eigenvalue weighted by Crippen LogP contribution is 2.55. The Morgan fingerprint density at radius 3 is 1.05 bits per heavy atom. The number of thioether (sulfide) groups is 3. The highest BCUT2D eigenvalue weighted by atomic mass is 32.2. The van der Waals surface area contributed by atoms with Gasteiger partial charge in [-0.1, -0.05) is 65.7 Å². The van der Waals surface area contributed by atoms with Crippen LogP contribution in [0.15, 0.2) is 74.7 Å². The van der Waals surface area contributed by atoms with Gasteiger partial charge in [0, 0.05) is 33.5 Å². The van der Waals surface area contributed by atoms with E-state index in [1.807, 2.05) is 33.8 Å².